The largest absolute Gasteiger partial charge is 0.481 e. The molecule has 0 fully saturated rings. The van der Waals surface area contributed by atoms with Crippen LogP contribution in [0, 0.1) is 5.92 Å². The van der Waals surface area contributed by atoms with E-state index >= 15 is 0 Å². The van der Waals surface area contributed by atoms with Crippen molar-refractivity contribution < 1.29 is 24.2 Å². The van der Waals surface area contributed by atoms with E-state index in [1.807, 2.05) is 31.2 Å². The lowest BCUT2D eigenvalue weighted by atomic mass is 9.98. The van der Waals surface area contributed by atoms with E-state index in [4.69, 9.17) is 4.74 Å². The highest BCUT2D eigenvalue weighted by atomic mass is 16.5. The van der Waals surface area contributed by atoms with Gasteiger partial charge in [0.25, 0.3) is 5.91 Å². The zero-order valence-corrected chi connectivity index (χ0v) is 19.5. The molecule has 2 amide bonds. The van der Waals surface area contributed by atoms with Crippen LogP contribution in [-0.4, -0.2) is 36.2 Å². The van der Waals surface area contributed by atoms with Crippen LogP contribution in [0.1, 0.15) is 47.2 Å². The fourth-order valence-electron chi connectivity index (χ4n) is 4.44. The number of rotatable bonds is 9. The number of carboxylic acids is 1. The van der Waals surface area contributed by atoms with Gasteiger partial charge in [0, 0.05) is 23.7 Å². The summed E-state index contributed by atoms with van der Waals surface area (Å²) in [5.74, 6) is -1.92. The van der Waals surface area contributed by atoms with Gasteiger partial charge >= 0.3 is 12.1 Å². The first-order valence-electron chi connectivity index (χ1n) is 11.7. The Bertz CT molecular complexity index is 1180. The number of anilines is 1. The zero-order chi connectivity index (χ0) is 24.8. The highest BCUT2D eigenvalue weighted by Gasteiger charge is 2.29. The smallest absolute Gasteiger partial charge is 0.411 e. The van der Waals surface area contributed by atoms with Gasteiger partial charge in [-0.25, -0.2) is 4.79 Å². The van der Waals surface area contributed by atoms with Crippen LogP contribution in [0.15, 0.2) is 72.8 Å². The molecule has 0 bridgehead atoms. The first-order chi connectivity index (χ1) is 17.0. The molecule has 1 aliphatic carbocycles. The Balaban J connectivity index is 1.32. The average Bonchev–Trinajstić information content (AvgIpc) is 3.19. The maximum absolute atomic E-state index is 12.4. The maximum Gasteiger partial charge on any atom is 0.411 e. The van der Waals surface area contributed by atoms with Gasteiger partial charge in [-0.15, -0.1) is 0 Å². The Hall–Kier alpha value is -4.13. The number of fused-ring (bicyclic) bond motifs is 3. The number of carbonyl (C=O) groups excluding carboxylic acids is 2. The second kappa shape index (κ2) is 10.9. The molecule has 3 aromatic rings. The number of hydrogen-bond donors (Lipinski definition) is 3. The summed E-state index contributed by atoms with van der Waals surface area (Å²) < 4.78 is 5.55. The molecule has 0 saturated heterocycles. The molecule has 0 aromatic heterocycles. The first-order valence-corrected chi connectivity index (χ1v) is 11.7. The lowest BCUT2D eigenvalue weighted by Gasteiger charge is -2.15. The van der Waals surface area contributed by atoms with E-state index < -0.39 is 18.0 Å². The van der Waals surface area contributed by atoms with Crippen molar-refractivity contribution >= 4 is 23.7 Å². The van der Waals surface area contributed by atoms with Gasteiger partial charge < -0.3 is 15.2 Å². The fourth-order valence-corrected chi connectivity index (χ4v) is 4.44. The fraction of sp³-hybridized carbons (Fsp3) is 0.250. The average molecular weight is 473 g/mol. The lowest BCUT2D eigenvalue weighted by Crippen LogP contribution is -2.32. The third-order valence-electron chi connectivity index (χ3n) is 6.23. The summed E-state index contributed by atoms with van der Waals surface area (Å²) in [4.78, 5) is 36.0. The molecule has 1 aliphatic rings. The standard InChI is InChI=1S/C28H28N2O5/c1-2-7-19(27(32)33)16-29-26(31)18-12-14-20(15-13-18)30-28(34)35-17-25-23-10-5-3-8-21(23)22-9-4-6-11-24(22)25/h3-6,8-15,19,25H,2,7,16-17H2,1H3,(H,29,31)(H,30,34)(H,32,33). The zero-order valence-electron chi connectivity index (χ0n) is 19.5. The van der Waals surface area contributed by atoms with E-state index in [1.54, 1.807) is 24.3 Å². The van der Waals surface area contributed by atoms with Crippen molar-refractivity contribution in [2.45, 2.75) is 25.7 Å². The lowest BCUT2D eigenvalue weighted by molar-refractivity contribution is -0.141. The van der Waals surface area contributed by atoms with Gasteiger partial charge in [-0.1, -0.05) is 61.9 Å². The molecule has 0 aliphatic heterocycles. The summed E-state index contributed by atoms with van der Waals surface area (Å²) >= 11 is 0. The van der Waals surface area contributed by atoms with Crippen LogP contribution < -0.4 is 10.6 Å². The SMILES string of the molecule is CCCC(CNC(=O)c1ccc(NC(=O)OCC2c3ccccc3-c3ccccc32)cc1)C(=O)O. The van der Waals surface area contributed by atoms with Crippen molar-refractivity contribution in [3.05, 3.63) is 89.5 Å². The minimum atomic E-state index is -0.921. The van der Waals surface area contributed by atoms with Crippen LogP contribution >= 0.6 is 0 Å². The minimum Gasteiger partial charge on any atom is -0.481 e. The predicted octanol–water partition coefficient (Wildman–Crippen LogP) is 5.28. The van der Waals surface area contributed by atoms with Crippen LogP contribution in [0.5, 0.6) is 0 Å². The summed E-state index contributed by atoms with van der Waals surface area (Å²) in [7, 11) is 0. The van der Waals surface area contributed by atoms with Crippen LogP contribution in [-0.2, 0) is 9.53 Å². The topological polar surface area (TPSA) is 105 Å². The molecule has 35 heavy (non-hydrogen) atoms. The summed E-state index contributed by atoms with van der Waals surface area (Å²) in [5.41, 5.74) is 5.48. The molecule has 1 unspecified atom stereocenters. The van der Waals surface area contributed by atoms with E-state index in [0.29, 0.717) is 17.7 Å². The Labute approximate surface area is 204 Å². The molecule has 7 nitrogen and oxygen atoms in total. The van der Waals surface area contributed by atoms with Gasteiger partial charge in [0.1, 0.15) is 6.61 Å². The van der Waals surface area contributed by atoms with Crippen molar-refractivity contribution in [2.75, 3.05) is 18.5 Å². The van der Waals surface area contributed by atoms with Crippen LogP contribution in [0.2, 0.25) is 0 Å². The number of hydrogen-bond acceptors (Lipinski definition) is 4. The highest BCUT2D eigenvalue weighted by molar-refractivity contribution is 5.95. The van der Waals surface area contributed by atoms with Crippen molar-refractivity contribution in [1.29, 1.82) is 0 Å². The number of ether oxygens (including phenoxy) is 1. The van der Waals surface area contributed by atoms with E-state index in [9.17, 15) is 19.5 Å². The van der Waals surface area contributed by atoms with E-state index in [0.717, 1.165) is 28.7 Å². The predicted molar refractivity (Wildman–Crippen MR) is 134 cm³/mol. The minimum absolute atomic E-state index is 0.0263. The number of benzene rings is 3. The molecule has 4 rings (SSSR count). The highest BCUT2D eigenvalue weighted by Crippen LogP contribution is 2.44. The van der Waals surface area contributed by atoms with Gasteiger partial charge in [0.05, 0.1) is 5.92 Å². The quantitative estimate of drug-likeness (QED) is 0.393. The third-order valence-corrected chi connectivity index (χ3v) is 6.23. The van der Waals surface area contributed by atoms with Crippen LogP contribution in [0.3, 0.4) is 0 Å². The molecule has 0 saturated carbocycles. The molecular formula is C28H28N2O5. The normalized spacial score (nSPS) is 12.8. The molecule has 1 atom stereocenters. The van der Waals surface area contributed by atoms with Gasteiger partial charge in [-0.2, -0.15) is 0 Å². The Morgan fingerprint density at radius 2 is 1.51 bits per heavy atom. The van der Waals surface area contributed by atoms with Gasteiger partial charge in [0.2, 0.25) is 0 Å². The number of carbonyl (C=O) groups is 3. The molecular weight excluding hydrogens is 444 g/mol. The number of nitrogens with one attached hydrogen (secondary N) is 2. The molecule has 0 spiro atoms. The molecule has 7 heteroatoms. The van der Waals surface area contributed by atoms with Gasteiger partial charge in [0.15, 0.2) is 0 Å². The van der Waals surface area contributed by atoms with Crippen molar-refractivity contribution in [1.82, 2.24) is 5.32 Å². The third kappa shape index (κ3) is 5.51. The molecule has 3 N–H and O–H groups in total. The first kappa shape index (κ1) is 24.0. The molecule has 0 heterocycles. The maximum atomic E-state index is 12.4. The Kier molecular flexibility index (Phi) is 7.45. The van der Waals surface area contributed by atoms with Gasteiger partial charge in [-0.3, -0.25) is 14.9 Å². The summed E-state index contributed by atoms with van der Waals surface area (Å²) in [6.45, 7) is 2.19. The summed E-state index contributed by atoms with van der Waals surface area (Å²) in [6, 6.07) is 22.6. The summed E-state index contributed by atoms with van der Waals surface area (Å²) in [6.07, 6.45) is 0.648. The van der Waals surface area contributed by atoms with E-state index in [1.165, 1.54) is 0 Å². The molecule has 0 radical (unpaired) electrons. The number of carboxylic acid groups (broad SMARTS) is 1. The van der Waals surface area contributed by atoms with E-state index in [2.05, 4.69) is 34.9 Å². The Morgan fingerprint density at radius 3 is 2.09 bits per heavy atom. The molecule has 3 aromatic carbocycles. The second-order valence-corrected chi connectivity index (χ2v) is 8.56. The number of aliphatic carboxylic acids is 1. The van der Waals surface area contributed by atoms with Crippen molar-refractivity contribution in [3.63, 3.8) is 0 Å². The van der Waals surface area contributed by atoms with Crippen molar-refractivity contribution in [3.8, 4) is 11.1 Å². The van der Waals surface area contributed by atoms with Crippen LogP contribution in [0.4, 0.5) is 10.5 Å². The van der Waals surface area contributed by atoms with Crippen molar-refractivity contribution in [2.24, 2.45) is 5.92 Å². The van der Waals surface area contributed by atoms with E-state index in [-0.39, 0.29) is 25.0 Å². The number of amides is 2. The Morgan fingerprint density at radius 1 is 0.914 bits per heavy atom. The monoisotopic (exact) mass is 472 g/mol. The second-order valence-electron chi connectivity index (χ2n) is 8.56. The van der Waals surface area contributed by atoms with Gasteiger partial charge in [-0.05, 0) is 52.9 Å². The van der Waals surface area contributed by atoms with Crippen LogP contribution in [0.25, 0.3) is 11.1 Å². The summed E-state index contributed by atoms with van der Waals surface area (Å²) in [5, 5.41) is 14.6. The molecule has 180 valence electrons.